The third-order valence-electron chi connectivity index (χ3n) is 5.65. The van der Waals surface area contributed by atoms with Crippen molar-refractivity contribution in [2.75, 3.05) is 44.7 Å². The molecule has 0 radical (unpaired) electrons. The molecule has 0 atom stereocenters. The Labute approximate surface area is 162 Å². The number of nitrogens with zero attached hydrogens (tertiary/aromatic N) is 3. The number of hydrogen-bond donors (Lipinski definition) is 0. The van der Waals surface area contributed by atoms with E-state index in [1.807, 2.05) is 18.2 Å². The summed E-state index contributed by atoms with van der Waals surface area (Å²) in [6.07, 6.45) is 4.84. The van der Waals surface area contributed by atoms with E-state index in [-0.39, 0.29) is 7.43 Å². The van der Waals surface area contributed by atoms with Gasteiger partial charge in [0.05, 0.1) is 12.8 Å². The summed E-state index contributed by atoms with van der Waals surface area (Å²) in [5.74, 6) is 1.26. The molecule has 0 N–H and O–H groups in total. The van der Waals surface area contributed by atoms with Crippen molar-refractivity contribution in [3.8, 4) is 5.75 Å². The molecule has 1 aliphatic carbocycles. The molecule has 5 nitrogen and oxygen atoms in total. The number of hydrogen-bond acceptors (Lipinski definition) is 4. The van der Waals surface area contributed by atoms with E-state index in [0.717, 1.165) is 63.4 Å². The first-order valence-electron chi connectivity index (χ1n) is 9.58. The van der Waals surface area contributed by atoms with Gasteiger partial charge in [-0.15, -0.1) is 0 Å². The summed E-state index contributed by atoms with van der Waals surface area (Å²) in [4.78, 5) is 16.9. The van der Waals surface area contributed by atoms with Crippen molar-refractivity contribution < 1.29 is 9.53 Å². The van der Waals surface area contributed by atoms with Crippen molar-refractivity contribution in [1.29, 1.82) is 0 Å². The minimum Gasteiger partial charge on any atom is -0.495 e. The second kappa shape index (κ2) is 8.61. The van der Waals surface area contributed by atoms with E-state index in [1.165, 1.54) is 11.4 Å². The van der Waals surface area contributed by atoms with Gasteiger partial charge in [-0.1, -0.05) is 19.6 Å². The number of ether oxygens (including phenoxy) is 1. The molecule has 146 valence electrons. The van der Waals surface area contributed by atoms with Crippen molar-refractivity contribution in [3.63, 3.8) is 0 Å². The fourth-order valence-corrected chi connectivity index (χ4v) is 4.15. The molecule has 0 amide bonds. The minimum atomic E-state index is 0. The lowest BCUT2D eigenvalue weighted by molar-refractivity contribution is 0.0971. The highest BCUT2D eigenvalue weighted by atomic mass is 16.5. The van der Waals surface area contributed by atoms with Crippen LogP contribution in [0.25, 0.3) is 0 Å². The third kappa shape index (κ3) is 4.03. The van der Waals surface area contributed by atoms with Gasteiger partial charge in [-0.25, -0.2) is 0 Å². The van der Waals surface area contributed by atoms with Crippen LogP contribution < -0.4 is 9.64 Å². The third-order valence-corrected chi connectivity index (χ3v) is 5.65. The van der Waals surface area contributed by atoms with Crippen LogP contribution in [0.2, 0.25) is 0 Å². The summed E-state index contributed by atoms with van der Waals surface area (Å²) in [6.45, 7) is 6.15. The van der Waals surface area contributed by atoms with Crippen LogP contribution in [0.15, 0.2) is 36.5 Å². The van der Waals surface area contributed by atoms with Gasteiger partial charge in [0.1, 0.15) is 5.75 Å². The van der Waals surface area contributed by atoms with E-state index in [9.17, 15) is 4.79 Å². The summed E-state index contributed by atoms with van der Waals surface area (Å²) < 4.78 is 7.79. The van der Waals surface area contributed by atoms with Crippen LogP contribution in [0.3, 0.4) is 0 Å². The van der Waals surface area contributed by atoms with Crippen LogP contribution in [-0.2, 0) is 13.0 Å². The average Bonchev–Trinajstić information content (AvgIpc) is 3.11. The Morgan fingerprint density at radius 1 is 1.00 bits per heavy atom. The number of rotatable bonds is 5. The lowest BCUT2D eigenvalue weighted by Gasteiger charge is -2.36. The monoisotopic (exact) mass is 369 g/mol. The van der Waals surface area contributed by atoms with Crippen LogP contribution in [-0.4, -0.2) is 55.1 Å². The molecule has 2 aliphatic rings. The van der Waals surface area contributed by atoms with E-state index < -0.39 is 0 Å². The zero-order chi connectivity index (χ0) is 17.9. The summed E-state index contributed by atoms with van der Waals surface area (Å²) >= 11 is 0. The van der Waals surface area contributed by atoms with Crippen LogP contribution in [0.4, 0.5) is 5.69 Å². The Kier molecular flexibility index (Phi) is 6.22. The van der Waals surface area contributed by atoms with Crippen molar-refractivity contribution in [1.82, 2.24) is 9.47 Å². The molecule has 1 fully saturated rings. The van der Waals surface area contributed by atoms with Gasteiger partial charge >= 0.3 is 0 Å². The number of benzene rings is 1. The minimum absolute atomic E-state index is 0. The first-order chi connectivity index (χ1) is 12.8. The number of para-hydroxylation sites is 2. The highest BCUT2D eigenvalue weighted by Gasteiger charge is 2.22. The van der Waals surface area contributed by atoms with Crippen LogP contribution >= 0.6 is 0 Å². The second-order valence-corrected chi connectivity index (χ2v) is 7.15. The largest absolute Gasteiger partial charge is 0.495 e. The van der Waals surface area contributed by atoms with Crippen LogP contribution in [0, 0.1) is 0 Å². The first kappa shape index (κ1) is 19.5. The molecule has 1 aliphatic heterocycles. The average molecular weight is 370 g/mol. The van der Waals surface area contributed by atoms with E-state index >= 15 is 0 Å². The SMILES string of the molecule is C.COc1ccccc1N1CCN(CCn2ccc3c2CCCC3=O)CC1. The Hall–Kier alpha value is -2.27. The highest BCUT2D eigenvalue weighted by molar-refractivity contribution is 5.98. The zero-order valence-corrected chi connectivity index (χ0v) is 15.5. The quantitative estimate of drug-likeness (QED) is 0.809. The molecule has 4 rings (SSSR count). The molecular weight excluding hydrogens is 338 g/mol. The van der Waals surface area contributed by atoms with Gasteiger partial charge in [0.25, 0.3) is 0 Å². The van der Waals surface area contributed by atoms with Crippen LogP contribution in [0.5, 0.6) is 5.75 Å². The molecule has 2 heterocycles. The van der Waals surface area contributed by atoms with Gasteiger partial charge in [0.2, 0.25) is 0 Å². The van der Waals surface area contributed by atoms with E-state index in [1.54, 1.807) is 7.11 Å². The number of carbonyl (C=O) groups excluding carboxylic acids is 1. The Balaban J connectivity index is 0.00000210. The van der Waals surface area contributed by atoms with Gasteiger partial charge in [-0.3, -0.25) is 9.69 Å². The molecule has 2 aromatic rings. The predicted molar refractivity (Wildman–Crippen MR) is 110 cm³/mol. The van der Waals surface area contributed by atoms with Crippen molar-refractivity contribution in [2.24, 2.45) is 0 Å². The summed E-state index contributed by atoms with van der Waals surface area (Å²) in [6, 6.07) is 10.3. The second-order valence-electron chi connectivity index (χ2n) is 7.15. The maximum atomic E-state index is 12.0. The lowest BCUT2D eigenvalue weighted by atomic mass is 9.97. The highest BCUT2D eigenvalue weighted by Crippen LogP contribution is 2.28. The molecule has 1 saturated heterocycles. The molecule has 5 heteroatoms. The van der Waals surface area contributed by atoms with Crippen molar-refractivity contribution in [2.45, 2.75) is 33.2 Å². The smallest absolute Gasteiger partial charge is 0.164 e. The van der Waals surface area contributed by atoms with E-state index in [0.29, 0.717) is 12.2 Å². The number of methoxy groups -OCH3 is 1. The zero-order valence-electron chi connectivity index (χ0n) is 15.5. The van der Waals surface area contributed by atoms with E-state index in [2.05, 4.69) is 32.7 Å². The molecule has 1 aromatic carbocycles. The fourth-order valence-electron chi connectivity index (χ4n) is 4.15. The lowest BCUT2D eigenvalue weighted by Crippen LogP contribution is -2.47. The topological polar surface area (TPSA) is 37.7 Å². The molecule has 0 bridgehead atoms. The number of anilines is 1. The van der Waals surface area contributed by atoms with Gasteiger partial charge in [0, 0.05) is 63.1 Å². The number of fused-ring (bicyclic) bond motifs is 1. The van der Waals surface area contributed by atoms with Gasteiger partial charge < -0.3 is 14.2 Å². The molecule has 27 heavy (non-hydrogen) atoms. The standard InChI is InChI=1S/C21H27N3O2.CH4/c1-26-21-8-3-2-5-19(21)24-15-12-22(13-16-24)11-14-23-10-9-17-18(23)6-4-7-20(17)25;/h2-3,5,8-10H,4,6-7,11-16H2,1H3;1H4. The number of Topliss-reactive ketones (excluding diaryl/α,β-unsaturated/α-hetero) is 1. The maximum absolute atomic E-state index is 12.0. The molecular formula is C22H31N3O2. The van der Waals surface area contributed by atoms with Gasteiger partial charge in [0.15, 0.2) is 5.78 Å². The van der Waals surface area contributed by atoms with Gasteiger partial charge in [-0.2, -0.15) is 0 Å². The summed E-state index contributed by atoms with van der Waals surface area (Å²) in [5.41, 5.74) is 3.39. The molecule has 0 spiro atoms. The number of carbonyl (C=O) groups is 1. The summed E-state index contributed by atoms with van der Waals surface area (Å²) in [7, 11) is 1.73. The first-order valence-corrected chi connectivity index (χ1v) is 9.58. The number of ketones is 1. The number of aromatic nitrogens is 1. The van der Waals surface area contributed by atoms with Crippen LogP contribution in [0.1, 0.15) is 36.3 Å². The predicted octanol–water partition coefficient (Wildman–Crippen LogP) is 3.47. The number of piperazine rings is 1. The van der Waals surface area contributed by atoms with Crippen molar-refractivity contribution >= 4 is 11.5 Å². The molecule has 0 saturated carbocycles. The Morgan fingerprint density at radius 3 is 2.56 bits per heavy atom. The van der Waals surface area contributed by atoms with Gasteiger partial charge in [-0.05, 0) is 31.0 Å². The normalized spacial score (nSPS) is 17.4. The maximum Gasteiger partial charge on any atom is 0.164 e. The Morgan fingerprint density at radius 2 is 1.78 bits per heavy atom. The van der Waals surface area contributed by atoms with E-state index in [4.69, 9.17) is 4.74 Å². The summed E-state index contributed by atoms with van der Waals surface area (Å²) in [5, 5.41) is 0. The fraction of sp³-hybridized carbons (Fsp3) is 0.500. The van der Waals surface area contributed by atoms with Crippen molar-refractivity contribution in [3.05, 3.63) is 47.8 Å². The molecule has 1 aromatic heterocycles. The molecule has 0 unspecified atom stereocenters. The Bertz CT molecular complexity index is 776.